The van der Waals surface area contributed by atoms with E-state index in [9.17, 15) is 4.79 Å². The molecule has 0 spiro atoms. The lowest BCUT2D eigenvalue weighted by molar-refractivity contribution is 0.121. The SMILES string of the molecule is Cc1cc(C)n(-c2ccc(C3CN(C(=O)N4CC[C@H](c5ncn[nH]5)C4)C3)cc2)n1. The molecule has 0 radical (unpaired) electrons. The normalized spacial score (nSPS) is 19.6. The van der Waals surface area contributed by atoms with E-state index in [4.69, 9.17) is 0 Å². The van der Waals surface area contributed by atoms with Crippen molar-refractivity contribution in [1.29, 1.82) is 0 Å². The number of likely N-dealkylation sites (tertiary alicyclic amines) is 2. The van der Waals surface area contributed by atoms with Crippen LogP contribution in [0.15, 0.2) is 36.7 Å². The summed E-state index contributed by atoms with van der Waals surface area (Å²) in [6, 6.07) is 10.8. The second-order valence-corrected chi connectivity index (χ2v) is 8.12. The molecular formula is C21H25N7O. The van der Waals surface area contributed by atoms with E-state index < -0.39 is 0 Å². The molecule has 29 heavy (non-hydrogen) atoms. The highest BCUT2D eigenvalue weighted by Gasteiger charge is 2.37. The van der Waals surface area contributed by atoms with E-state index in [0.717, 1.165) is 49.0 Å². The molecule has 5 rings (SSSR count). The standard InChI is InChI=1S/C21H25N7O/c1-14-9-15(2)28(25-14)19-5-3-16(4-6-19)18-11-27(12-18)21(29)26-8-7-17(10-26)20-22-13-23-24-20/h3-6,9,13,17-18H,7-8,10-12H2,1-2H3,(H,22,23,24)/t17-/m0/s1. The number of carbonyl (C=O) groups excluding carboxylic acids is 1. The van der Waals surface area contributed by atoms with Crippen LogP contribution >= 0.6 is 0 Å². The quantitative estimate of drug-likeness (QED) is 0.744. The van der Waals surface area contributed by atoms with Crippen LogP contribution in [0.3, 0.4) is 0 Å². The molecule has 0 bridgehead atoms. The predicted octanol–water partition coefficient (Wildman–Crippen LogP) is 2.62. The van der Waals surface area contributed by atoms with Gasteiger partial charge in [-0.05, 0) is 44.0 Å². The van der Waals surface area contributed by atoms with Crippen LogP contribution in [0.1, 0.15) is 41.0 Å². The first-order chi connectivity index (χ1) is 14.1. The number of nitrogens with zero attached hydrogens (tertiary/aromatic N) is 6. The topological polar surface area (TPSA) is 82.9 Å². The summed E-state index contributed by atoms with van der Waals surface area (Å²) in [5.74, 6) is 1.55. The number of hydrogen-bond donors (Lipinski definition) is 1. The summed E-state index contributed by atoms with van der Waals surface area (Å²) in [4.78, 5) is 20.9. The number of benzene rings is 1. The Morgan fingerprint density at radius 2 is 1.83 bits per heavy atom. The minimum Gasteiger partial charge on any atom is -0.324 e. The lowest BCUT2D eigenvalue weighted by Gasteiger charge is -2.41. The molecule has 0 unspecified atom stereocenters. The molecule has 2 aliphatic heterocycles. The number of urea groups is 1. The predicted molar refractivity (Wildman–Crippen MR) is 108 cm³/mol. The van der Waals surface area contributed by atoms with Gasteiger partial charge >= 0.3 is 6.03 Å². The minimum atomic E-state index is 0.141. The van der Waals surface area contributed by atoms with E-state index >= 15 is 0 Å². The average Bonchev–Trinajstić information content (AvgIpc) is 3.41. The van der Waals surface area contributed by atoms with Gasteiger partial charge in [-0.25, -0.2) is 14.5 Å². The summed E-state index contributed by atoms with van der Waals surface area (Å²) in [5.41, 5.74) is 4.50. The lowest BCUT2D eigenvalue weighted by atomic mass is 9.91. The number of rotatable bonds is 3. The molecule has 1 atom stereocenters. The Balaban J connectivity index is 1.18. The first-order valence-electron chi connectivity index (χ1n) is 10.1. The summed E-state index contributed by atoms with van der Waals surface area (Å²) < 4.78 is 1.97. The molecule has 2 aliphatic rings. The summed E-state index contributed by atoms with van der Waals surface area (Å²) in [6.07, 6.45) is 2.46. The highest BCUT2D eigenvalue weighted by atomic mass is 16.2. The van der Waals surface area contributed by atoms with Crippen molar-refractivity contribution in [2.45, 2.75) is 32.1 Å². The van der Waals surface area contributed by atoms with Gasteiger partial charge in [0.2, 0.25) is 0 Å². The Morgan fingerprint density at radius 3 is 2.48 bits per heavy atom. The Labute approximate surface area is 169 Å². The second kappa shape index (κ2) is 7.02. The summed E-state index contributed by atoms with van der Waals surface area (Å²) in [5, 5.41) is 11.4. The van der Waals surface area contributed by atoms with E-state index in [0.29, 0.717) is 12.5 Å². The number of hydrogen-bond acceptors (Lipinski definition) is 4. The maximum atomic E-state index is 12.8. The van der Waals surface area contributed by atoms with Crippen LogP contribution < -0.4 is 0 Å². The largest absolute Gasteiger partial charge is 0.324 e. The van der Waals surface area contributed by atoms with Gasteiger partial charge in [-0.1, -0.05) is 12.1 Å². The van der Waals surface area contributed by atoms with Crippen molar-refractivity contribution < 1.29 is 4.79 Å². The van der Waals surface area contributed by atoms with Gasteiger partial charge in [0, 0.05) is 43.7 Å². The summed E-state index contributed by atoms with van der Waals surface area (Å²) >= 11 is 0. The number of nitrogens with one attached hydrogen (secondary N) is 1. The molecule has 0 aliphatic carbocycles. The third kappa shape index (κ3) is 3.28. The molecule has 8 heteroatoms. The van der Waals surface area contributed by atoms with Crippen LogP contribution in [0.4, 0.5) is 4.79 Å². The number of amides is 2. The molecular weight excluding hydrogens is 366 g/mol. The van der Waals surface area contributed by atoms with Gasteiger partial charge in [-0.2, -0.15) is 10.2 Å². The van der Waals surface area contributed by atoms with Crippen molar-refractivity contribution in [1.82, 2.24) is 34.8 Å². The van der Waals surface area contributed by atoms with Crippen LogP contribution in [0, 0.1) is 13.8 Å². The fourth-order valence-electron chi connectivity index (χ4n) is 4.39. The average molecular weight is 391 g/mol. The molecule has 0 saturated carbocycles. The first-order valence-corrected chi connectivity index (χ1v) is 10.1. The van der Waals surface area contributed by atoms with Crippen LogP contribution in [0.5, 0.6) is 0 Å². The highest BCUT2D eigenvalue weighted by Crippen LogP contribution is 2.31. The van der Waals surface area contributed by atoms with Gasteiger partial charge in [0.1, 0.15) is 12.2 Å². The molecule has 150 valence electrons. The molecule has 2 aromatic heterocycles. The summed E-state index contributed by atoms with van der Waals surface area (Å²) in [6.45, 7) is 7.12. The van der Waals surface area contributed by atoms with Gasteiger partial charge in [0.05, 0.1) is 11.4 Å². The lowest BCUT2D eigenvalue weighted by Crippen LogP contribution is -2.53. The van der Waals surface area contributed by atoms with Crippen LogP contribution in [0.25, 0.3) is 5.69 Å². The number of aryl methyl sites for hydroxylation is 2. The molecule has 2 saturated heterocycles. The van der Waals surface area contributed by atoms with Gasteiger partial charge in [0.25, 0.3) is 0 Å². The molecule has 1 N–H and O–H groups in total. The zero-order valence-corrected chi connectivity index (χ0v) is 16.7. The smallest absolute Gasteiger partial charge is 0.320 e. The third-order valence-electron chi connectivity index (χ3n) is 6.05. The minimum absolute atomic E-state index is 0.141. The maximum absolute atomic E-state index is 12.8. The van der Waals surface area contributed by atoms with E-state index in [-0.39, 0.29) is 11.9 Å². The summed E-state index contributed by atoms with van der Waals surface area (Å²) in [7, 11) is 0. The number of H-pyrrole nitrogens is 1. The van der Waals surface area contributed by atoms with Gasteiger partial charge in [0.15, 0.2) is 0 Å². The molecule has 2 amide bonds. The molecule has 4 heterocycles. The van der Waals surface area contributed by atoms with Gasteiger partial charge in [-0.15, -0.1) is 0 Å². The molecule has 1 aromatic carbocycles. The number of aromatic nitrogens is 5. The molecule has 2 fully saturated rings. The highest BCUT2D eigenvalue weighted by molar-refractivity contribution is 5.76. The number of aromatic amines is 1. The Kier molecular flexibility index (Phi) is 4.34. The Bertz CT molecular complexity index is 1000. The van der Waals surface area contributed by atoms with Crippen LogP contribution in [-0.2, 0) is 0 Å². The van der Waals surface area contributed by atoms with Crippen molar-refractivity contribution >= 4 is 6.03 Å². The van der Waals surface area contributed by atoms with E-state index in [2.05, 4.69) is 57.5 Å². The van der Waals surface area contributed by atoms with E-state index in [1.54, 1.807) is 0 Å². The van der Waals surface area contributed by atoms with Crippen molar-refractivity contribution in [3.63, 3.8) is 0 Å². The zero-order chi connectivity index (χ0) is 20.0. The number of carbonyl (C=O) groups is 1. The molecule has 8 nitrogen and oxygen atoms in total. The molecule has 3 aromatic rings. The Morgan fingerprint density at radius 1 is 1.07 bits per heavy atom. The fraction of sp³-hybridized carbons (Fsp3) is 0.429. The monoisotopic (exact) mass is 391 g/mol. The van der Waals surface area contributed by atoms with Crippen molar-refractivity contribution in [2.24, 2.45) is 0 Å². The van der Waals surface area contributed by atoms with E-state index in [1.165, 1.54) is 11.9 Å². The fourth-order valence-corrected chi connectivity index (χ4v) is 4.39. The van der Waals surface area contributed by atoms with Gasteiger partial charge < -0.3 is 9.80 Å². The van der Waals surface area contributed by atoms with Crippen LogP contribution in [0.2, 0.25) is 0 Å². The second-order valence-electron chi connectivity index (χ2n) is 8.12. The first kappa shape index (κ1) is 17.9. The Hall–Kier alpha value is -3.16. The maximum Gasteiger partial charge on any atom is 0.320 e. The van der Waals surface area contributed by atoms with Crippen molar-refractivity contribution in [2.75, 3.05) is 26.2 Å². The van der Waals surface area contributed by atoms with Crippen molar-refractivity contribution in [3.05, 3.63) is 59.4 Å². The zero-order valence-electron chi connectivity index (χ0n) is 16.7. The van der Waals surface area contributed by atoms with Crippen molar-refractivity contribution in [3.8, 4) is 5.69 Å². The third-order valence-corrected chi connectivity index (χ3v) is 6.05. The van der Waals surface area contributed by atoms with Crippen LogP contribution in [-0.4, -0.2) is 67.0 Å². The van der Waals surface area contributed by atoms with Gasteiger partial charge in [-0.3, -0.25) is 5.10 Å². The van der Waals surface area contributed by atoms with E-state index in [1.807, 2.05) is 21.4 Å².